The fourth-order valence-corrected chi connectivity index (χ4v) is 2.21. The number of aryl methyl sites for hydroxylation is 3. The summed E-state index contributed by atoms with van der Waals surface area (Å²) in [6.45, 7) is 7.99. The first-order chi connectivity index (χ1) is 9.99. The predicted molar refractivity (Wildman–Crippen MR) is 86.0 cm³/mol. The third kappa shape index (κ3) is 3.63. The Morgan fingerprint density at radius 2 is 1.52 bits per heavy atom. The SMILES string of the molecule is Cc1cccc(OCC(=O)Nc2c(C)cccc2C)c1C. The van der Waals surface area contributed by atoms with Gasteiger partial charge < -0.3 is 10.1 Å². The van der Waals surface area contributed by atoms with Crippen LogP contribution in [-0.4, -0.2) is 12.5 Å². The number of hydrogen-bond acceptors (Lipinski definition) is 2. The summed E-state index contributed by atoms with van der Waals surface area (Å²) in [5, 5.41) is 2.92. The van der Waals surface area contributed by atoms with Crippen molar-refractivity contribution in [2.24, 2.45) is 0 Å². The maximum Gasteiger partial charge on any atom is 0.262 e. The monoisotopic (exact) mass is 283 g/mol. The second-order valence-electron chi connectivity index (χ2n) is 5.30. The van der Waals surface area contributed by atoms with Crippen LogP contribution in [0.1, 0.15) is 22.3 Å². The van der Waals surface area contributed by atoms with E-state index in [-0.39, 0.29) is 12.5 Å². The largest absolute Gasteiger partial charge is 0.483 e. The number of hydrogen-bond donors (Lipinski definition) is 1. The van der Waals surface area contributed by atoms with E-state index in [1.165, 1.54) is 0 Å². The minimum atomic E-state index is -0.145. The molecule has 1 amide bonds. The molecule has 0 saturated heterocycles. The van der Waals surface area contributed by atoms with Crippen molar-refractivity contribution in [3.8, 4) is 5.75 Å². The molecule has 0 saturated carbocycles. The van der Waals surface area contributed by atoms with E-state index in [9.17, 15) is 4.79 Å². The van der Waals surface area contributed by atoms with Crippen LogP contribution in [0.3, 0.4) is 0 Å². The highest BCUT2D eigenvalue weighted by molar-refractivity contribution is 5.93. The second-order valence-corrected chi connectivity index (χ2v) is 5.30. The van der Waals surface area contributed by atoms with Crippen LogP contribution in [0.5, 0.6) is 5.75 Å². The molecule has 3 nitrogen and oxygen atoms in total. The highest BCUT2D eigenvalue weighted by Gasteiger charge is 2.09. The van der Waals surface area contributed by atoms with E-state index in [0.29, 0.717) is 0 Å². The van der Waals surface area contributed by atoms with E-state index < -0.39 is 0 Å². The summed E-state index contributed by atoms with van der Waals surface area (Å²) in [5.41, 5.74) is 5.19. The molecule has 2 aromatic carbocycles. The van der Waals surface area contributed by atoms with Gasteiger partial charge in [0.15, 0.2) is 6.61 Å². The van der Waals surface area contributed by atoms with Crippen LogP contribution in [0.25, 0.3) is 0 Å². The van der Waals surface area contributed by atoms with Crippen molar-refractivity contribution >= 4 is 11.6 Å². The maximum atomic E-state index is 12.1. The van der Waals surface area contributed by atoms with Gasteiger partial charge in [-0.05, 0) is 56.0 Å². The molecule has 2 rings (SSSR count). The highest BCUT2D eigenvalue weighted by atomic mass is 16.5. The van der Waals surface area contributed by atoms with E-state index in [2.05, 4.69) is 5.32 Å². The Labute approximate surface area is 126 Å². The van der Waals surface area contributed by atoms with Crippen molar-refractivity contribution in [1.29, 1.82) is 0 Å². The third-order valence-electron chi connectivity index (χ3n) is 3.66. The number of carbonyl (C=O) groups excluding carboxylic acids is 1. The Morgan fingerprint density at radius 3 is 2.19 bits per heavy atom. The lowest BCUT2D eigenvalue weighted by Gasteiger charge is -2.13. The lowest BCUT2D eigenvalue weighted by molar-refractivity contribution is -0.118. The van der Waals surface area contributed by atoms with Gasteiger partial charge in [-0.2, -0.15) is 0 Å². The molecular formula is C18H21NO2. The summed E-state index contributed by atoms with van der Waals surface area (Å²) in [6.07, 6.45) is 0. The summed E-state index contributed by atoms with van der Waals surface area (Å²) < 4.78 is 5.62. The molecule has 0 heterocycles. The van der Waals surface area contributed by atoms with Gasteiger partial charge in [-0.15, -0.1) is 0 Å². The first-order valence-electron chi connectivity index (χ1n) is 7.04. The molecule has 0 spiro atoms. The first-order valence-corrected chi connectivity index (χ1v) is 7.04. The Kier molecular flexibility index (Phi) is 4.63. The number of ether oxygens (including phenoxy) is 1. The molecule has 0 aromatic heterocycles. The maximum absolute atomic E-state index is 12.1. The molecule has 0 radical (unpaired) electrons. The quantitative estimate of drug-likeness (QED) is 0.923. The van der Waals surface area contributed by atoms with Gasteiger partial charge in [0.2, 0.25) is 0 Å². The minimum Gasteiger partial charge on any atom is -0.483 e. The molecule has 0 aliphatic heterocycles. The van der Waals surface area contributed by atoms with Crippen molar-refractivity contribution in [3.05, 3.63) is 58.7 Å². The molecular weight excluding hydrogens is 262 g/mol. The Morgan fingerprint density at radius 1 is 0.952 bits per heavy atom. The van der Waals surface area contributed by atoms with Crippen LogP contribution < -0.4 is 10.1 Å². The molecule has 0 unspecified atom stereocenters. The fraction of sp³-hybridized carbons (Fsp3) is 0.278. The Balaban J connectivity index is 2.01. The molecule has 0 bridgehead atoms. The fourth-order valence-electron chi connectivity index (χ4n) is 2.21. The van der Waals surface area contributed by atoms with Crippen LogP contribution in [0.15, 0.2) is 36.4 Å². The van der Waals surface area contributed by atoms with Crippen LogP contribution in [0.2, 0.25) is 0 Å². The molecule has 2 aromatic rings. The van der Waals surface area contributed by atoms with Gasteiger partial charge in [-0.25, -0.2) is 0 Å². The first kappa shape index (κ1) is 15.1. The number of benzene rings is 2. The molecule has 3 heteroatoms. The number of rotatable bonds is 4. The van der Waals surface area contributed by atoms with E-state index in [1.807, 2.05) is 64.1 Å². The van der Waals surface area contributed by atoms with Crippen LogP contribution in [0, 0.1) is 27.7 Å². The molecule has 0 aliphatic rings. The van der Waals surface area contributed by atoms with Crippen LogP contribution in [0.4, 0.5) is 5.69 Å². The average molecular weight is 283 g/mol. The van der Waals surface area contributed by atoms with Crippen molar-refractivity contribution < 1.29 is 9.53 Å². The van der Waals surface area contributed by atoms with Crippen LogP contribution >= 0.6 is 0 Å². The number of anilines is 1. The van der Waals surface area contributed by atoms with E-state index in [1.54, 1.807) is 0 Å². The Hall–Kier alpha value is -2.29. The third-order valence-corrected chi connectivity index (χ3v) is 3.66. The van der Waals surface area contributed by atoms with Gasteiger partial charge in [0.05, 0.1) is 0 Å². The highest BCUT2D eigenvalue weighted by Crippen LogP contribution is 2.21. The summed E-state index contributed by atoms with van der Waals surface area (Å²) in [4.78, 5) is 12.1. The molecule has 110 valence electrons. The zero-order valence-electron chi connectivity index (χ0n) is 13.0. The molecule has 0 atom stereocenters. The number of carbonyl (C=O) groups is 1. The molecule has 21 heavy (non-hydrogen) atoms. The van der Waals surface area contributed by atoms with Gasteiger partial charge in [0.1, 0.15) is 5.75 Å². The van der Waals surface area contributed by atoms with Gasteiger partial charge in [0, 0.05) is 5.69 Å². The lowest BCUT2D eigenvalue weighted by Crippen LogP contribution is -2.21. The van der Waals surface area contributed by atoms with Gasteiger partial charge in [0.25, 0.3) is 5.91 Å². The Bertz CT molecular complexity index is 642. The van der Waals surface area contributed by atoms with Gasteiger partial charge in [-0.3, -0.25) is 4.79 Å². The van der Waals surface area contributed by atoms with Gasteiger partial charge >= 0.3 is 0 Å². The van der Waals surface area contributed by atoms with Crippen molar-refractivity contribution in [1.82, 2.24) is 0 Å². The van der Waals surface area contributed by atoms with Gasteiger partial charge in [-0.1, -0.05) is 30.3 Å². The van der Waals surface area contributed by atoms with E-state index in [0.717, 1.165) is 33.7 Å². The van der Waals surface area contributed by atoms with E-state index >= 15 is 0 Å². The number of para-hydroxylation sites is 1. The summed E-state index contributed by atoms with van der Waals surface area (Å²) in [6, 6.07) is 11.8. The van der Waals surface area contributed by atoms with Crippen molar-refractivity contribution in [3.63, 3.8) is 0 Å². The summed E-state index contributed by atoms with van der Waals surface area (Å²) in [5.74, 6) is 0.611. The number of amides is 1. The predicted octanol–water partition coefficient (Wildman–Crippen LogP) is 3.94. The zero-order chi connectivity index (χ0) is 15.4. The normalized spacial score (nSPS) is 10.3. The standard InChI is InChI=1S/C18H21NO2/c1-12-7-6-10-16(15(12)4)21-11-17(20)19-18-13(2)8-5-9-14(18)3/h5-10H,11H2,1-4H3,(H,19,20). The van der Waals surface area contributed by atoms with Crippen molar-refractivity contribution in [2.75, 3.05) is 11.9 Å². The zero-order valence-corrected chi connectivity index (χ0v) is 13.0. The molecule has 0 aliphatic carbocycles. The van der Waals surface area contributed by atoms with Crippen LogP contribution in [-0.2, 0) is 4.79 Å². The van der Waals surface area contributed by atoms with Crippen molar-refractivity contribution in [2.45, 2.75) is 27.7 Å². The summed E-state index contributed by atoms with van der Waals surface area (Å²) in [7, 11) is 0. The summed E-state index contributed by atoms with van der Waals surface area (Å²) >= 11 is 0. The lowest BCUT2D eigenvalue weighted by atomic mass is 10.1. The second kappa shape index (κ2) is 6.44. The number of nitrogens with one attached hydrogen (secondary N) is 1. The molecule has 0 fully saturated rings. The smallest absolute Gasteiger partial charge is 0.262 e. The average Bonchev–Trinajstić information content (AvgIpc) is 2.45. The molecule has 1 N–H and O–H groups in total. The topological polar surface area (TPSA) is 38.3 Å². The minimum absolute atomic E-state index is 0.0120. The van der Waals surface area contributed by atoms with E-state index in [4.69, 9.17) is 4.74 Å².